The first kappa shape index (κ1) is 13.1. The zero-order valence-corrected chi connectivity index (χ0v) is 11.4. The Morgan fingerprint density at radius 1 is 1.30 bits per heavy atom. The maximum absolute atomic E-state index is 12.1. The van der Waals surface area contributed by atoms with Crippen molar-refractivity contribution in [2.75, 3.05) is 19.6 Å². The minimum atomic E-state index is 0.122. The summed E-state index contributed by atoms with van der Waals surface area (Å²) in [6.45, 7) is 2.94. The van der Waals surface area contributed by atoms with Gasteiger partial charge in [0.15, 0.2) is 0 Å². The Morgan fingerprint density at radius 3 is 2.90 bits per heavy atom. The Balaban J connectivity index is 1.42. The van der Waals surface area contributed by atoms with E-state index < -0.39 is 0 Å². The van der Waals surface area contributed by atoms with Crippen LogP contribution >= 0.6 is 0 Å². The van der Waals surface area contributed by atoms with Crippen LogP contribution in [-0.2, 0) is 11.3 Å². The molecule has 1 aromatic rings. The van der Waals surface area contributed by atoms with Crippen LogP contribution in [0.25, 0.3) is 0 Å². The molecule has 2 N–H and O–H groups in total. The lowest BCUT2D eigenvalue weighted by atomic mass is 10.1. The number of nitrogens with zero attached hydrogens (tertiary/aromatic N) is 1. The number of amides is 2. The van der Waals surface area contributed by atoms with E-state index in [0.717, 1.165) is 30.6 Å². The molecule has 0 spiro atoms. The third-order valence-electron chi connectivity index (χ3n) is 3.93. The highest BCUT2D eigenvalue weighted by Gasteiger charge is 2.26. The van der Waals surface area contributed by atoms with Gasteiger partial charge in [-0.25, -0.2) is 0 Å². The average molecular weight is 273 g/mol. The molecule has 106 valence electrons. The topological polar surface area (TPSA) is 61.4 Å². The fourth-order valence-electron chi connectivity index (χ4n) is 2.82. The lowest BCUT2D eigenvalue weighted by Crippen LogP contribution is -2.39. The molecule has 0 radical (unpaired) electrons. The summed E-state index contributed by atoms with van der Waals surface area (Å²) < 4.78 is 0. The highest BCUT2D eigenvalue weighted by molar-refractivity contribution is 5.98. The number of nitrogens with one attached hydrogen (secondary N) is 2. The molecular weight excluding hydrogens is 254 g/mol. The molecule has 5 heteroatoms. The fraction of sp³-hybridized carbons (Fsp3) is 0.467. The van der Waals surface area contributed by atoms with E-state index in [-0.39, 0.29) is 17.9 Å². The van der Waals surface area contributed by atoms with Gasteiger partial charge in [-0.2, -0.15) is 0 Å². The highest BCUT2D eigenvalue weighted by Crippen LogP contribution is 2.21. The Labute approximate surface area is 118 Å². The van der Waals surface area contributed by atoms with Gasteiger partial charge in [-0.3, -0.25) is 9.59 Å². The van der Waals surface area contributed by atoms with Crippen molar-refractivity contribution in [2.24, 2.45) is 0 Å². The van der Waals surface area contributed by atoms with Crippen LogP contribution in [0.3, 0.4) is 0 Å². The molecule has 0 unspecified atom stereocenters. The second-order valence-electron chi connectivity index (χ2n) is 5.39. The Bertz CT molecular complexity index is 530. The summed E-state index contributed by atoms with van der Waals surface area (Å²) >= 11 is 0. The molecule has 2 aliphatic rings. The van der Waals surface area contributed by atoms with Crippen LogP contribution < -0.4 is 10.6 Å². The van der Waals surface area contributed by atoms with Crippen molar-refractivity contribution in [1.82, 2.24) is 15.5 Å². The average Bonchev–Trinajstić information content (AvgIpc) is 3.00. The second-order valence-corrected chi connectivity index (χ2v) is 5.39. The summed E-state index contributed by atoms with van der Waals surface area (Å²) in [6, 6.07) is 8.01. The monoisotopic (exact) mass is 273 g/mol. The number of benzene rings is 1. The van der Waals surface area contributed by atoms with Gasteiger partial charge in [0.25, 0.3) is 5.91 Å². The van der Waals surface area contributed by atoms with Gasteiger partial charge >= 0.3 is 0 Å². The van der Waals surface area contributed by atoms with Crippen LogP contribution in [0.4, 0.5) is 0 Å². The first-order valence-corrected chi connectivity index (χ1v) is 7.11. The van der Waals surface area contributed by atoms with Gasteiger partial charge in [0.1, 0.15) is 0 Å². The summed E-state index contributed by atoms with van der Waals surface area (Å²) in [6.07, 6.45) is 1.53. The second kappa shape index (κ2) is 5.63. The Hall–Kier alpha value is -1.88. The van der Waals surface area contributed by atoms with Crippen molar-refractivity contribution in [3.05, 3.63) is 35.4 Å². The number of carbonyl (C=O) groups is 2. The summed E-state index contributed by atoms with van der Waals surface area (Å²) in [7, 11) is 0. The number of hydrogen-bond acceptors (Lipinski definition) is 3. The first-order chi connectivity index (χ1) is 9.74. The van der Waals surface area contributed by atoms with Crippen molar-refractivity contribution < 1.29 is 9.59 Å². The van der Waals surface area contributed by atoms with Crippen molar-refractivity contribution in [3.8, 4) is 0 Å². The molecule has 0 saturated carbocycles. The highest BCUT2D eigenvalue weighted by atomic mass is 16.2. The van der Waals surface area contributed by atoms with Gasteiger partial charge < -0.3 is 15.5 Å². The molecule has 1 aromatic carbocycles. The molecule has 0 aliphatic carbocycles. The van der Waals surface area contributed by atoms with Crippen molar-refractivity contribution >= 4 is 11.8 Å². The van der Waals surface area contributed by atoms with Crippen LogP contribution in [0, 0.1) is 0 Å². The van der Waals surface area contributed by atoms with Gasteiger partial charge in [0.2, 0.25) is 5.91 Å². The van der Waals surface area contributed by atoms with Gasteiger partial charge in [0, 0.05) is 44.2 Å². The predicted octanol–water partition coefficient (Wildman–Crippen LogP) is 0.511. The largest absolute Gasteiger partial charge is 0.352 e. The van der Waals surface area contributed by atoms with Crippen molar-refractivity contribution in [2.45, 2.75) is 25.4 Å². The van der Waals surface area contributed by atoms with E-state index in [9.17, 15) is 9.59 Å². The SMILES string of the molecule is O=C1CC[C@H](CNCCN2Cc3ccccc3C2=O)N1. The zero-order chi connectivity index (χ0) is 13.9. The third-order valence-corrected chi connectivity index (χ3v) is 3.93. The molecule has 5 nitrogen and oxygen atoms in total. The fourth-order valence-corrected chi connectivity index (χ4v) is 2.82. The molecule has 1 fully saturated rings. The minimum Gasteiger partial charge on any atom is -0.352 e. The normalized spacial score (nSPS) is 21.2. The predicted molar refractivity (Wildman–Crippen MR) is 75.2 cm³/mol. The van der Waals surface area contributed by atoms with Crippen LogP contribution in [0.2, 0.25) is 0 Å². The van der Waals surface area contributed by atoms with E-state index in [2.05, 4.69) is 10.6 Å². The van der Waals surface area contributed by atoms with Crippen molar-refractivity contribution in [1.29, 1.82) is 0 Å². The van der Waals surface area contributed by atoms with E-state index in [4.69, 9.17) is 0 Å². The number of hydrogen-bond donors (Lipinski definition) is 2. The summed E-state index contributed by atoms with van der Waals surface area (Å²) in [5, 5.41) is 6.24. The summed E-state index contributed by atoms with van der Waals surface area (Å²) in [4.78, 5) is 25.1. The van der Waals surface area contributed by atoms with E-state index in [0.29, 0.717) is 19.5 Å². The zero-order valence-electron chi connectivity index (χ0n) is 11.4. The molecule has 20 heavy (non-hydrogen) atoms. The Morgan fingerprint density at radius 2 is 2.15 bits per heavy atom. The lowest BCUT2D eigenvalue weighted by molar-refractivity contribution is -0.119. The van der Waals surface area contributed by atoms with Gasteiger partial charge in [-0.05, 0) is 18.1 Å². The quantitative estimate of drug-likeness (QED) is 0.769. The smallest absolute Gasteiger partial charge is 0.254 e. The van der Waals surface area contributed by atoms with Crippen LogP contribution in [0.15, 0.2) is 24.3 Å². The van der Waals surface area contributed by atoms with Crippen LogP contribution in [0.1, 0.15) is 28.8 Å². The van der Waals surface area contributed by atoms with Crippen LogP contribution in [0.5, 0.6) is 0 Å². The number of carbonyl (C=O) groups excluding carboxylic acids is 2. The molecule has 2 aliphatic heterocycles. The molecule has 2 heterocycles. The molecule has 0 bridgehead atoms. The number of fused-ring (bicyclic) bond motifs is 1. The molecule has 0 aromatic heterocycles. The first-order valence-electron chi connectivity index (χ1n) is 7.11. The molecule has 1 atom stereocenters. The van der Waals surface area contributed by atoms with Gasteiger partial charge in [0.05, 0.1) is 0 Å². The number of rotatable bonds is 5. The van der Waals surface area contributed by atoms with Gasteiger partial charge in [-0.1, -0.05) is 18.2 Å². The van der Waals surface area contributed by atoms with E-state index in [1.54, 1.807) is 0 Å². The third kappa shape index (κ3) is 2.67. The van der Waals surface area contributed by atoms with E-state index in [1.165, 1.54) is 0 Å². The summed E-state index contributed by atoms with van der Waals surface area (Å²) in [5.74, 6) is 0.263. The van der Waals surface area contributed by atoms with E-state index >= 15 is 0 Å². The maximum Gasteiger partial charge on any atom is 0.254 e. The molecule has 2 amide bonds. The molecule has 3 rings (SSSR count). The molecule has 1 saturated heterocycles. The minimum absolute atomic E-state index is 0.122. The lowest BCUT2D eigenvalue weighted by Gasteiger charge is -2.17. The standard InChI is InChI=1S/C15H19N3O2/c19-14-6-5-12(17-14)9-16-7-8-18-10-11-3-1-2-4-13(11)15(18)20/h1-4,12,16H,5-10H2,(H,17,19)/t12-/m1/s1. The van der Waals surface area contributed by atoms with Crippen LogP contribution in [-0.4, -0.2) is 42.4 Å². The molecular formula is C15H19N3O2. The Kier molecular flexibility index (Phi) is 3.69. The maximum atomic E-state index is 12.1. The summed E-state index contributed by atoms with van der Waals surface area (Å²) in [5.41, 5.74) is 1.94. The van der Waals surface area contributed by atoms with E-state index in [1.807, 2.05) is 29.2 Å². The van der Waals surface area contributed by atoms with Crippen molar-refractivity contribution in [3.63, 3.8) is 0 Å². The van der Waals surface area contributed by atoms with Gasteiger partial charge in [-0.15, -0.1) is 0 Å².